The molecule has 2 aromatic heterocycles. The zero-order chi connectivity index (χ0) is 46.7. The summed E-state index contributed by atoms with van der Waals surface area (Å²) in [5, 5.41) is 12.7. The van der Waals surface area contributed by atoms with Gasteiger partial charge in [-0.3, -0.25) is 29.4 Å². The zero-order valence-corrected chi connectivity index (χ0v) is 36.7. The van der Waals surface area contributed by atoms with Crippen LogP contribution < -0.4 is 48.6 Å². The van der Waals surface area contributed by atoms with Crippen molar-refractivity contribution in [2.75, 3.05) is 13.2 Å². The summed E-state index contributed by atoms with van der Waals surface area (Å²) in [6.45, 7) is 4.14. The molecular weight excluding hydrogens is 833 g/mol. The first-order chi connectivity index (χ1) is 31.3. The molecule has 0 unspecified atom stereocenters. The van der Waals surface area contributed by atoms with Crippen LogP contribution >= 0.6 is 0 Å². The van der Waals surface area contributed by atoms with Crippen molar-refractivity contribution in [3.05, 3.63) is 120 Å². The molecule has 5 atom stereocenters. The van der Waals surface area contributed by atoms with Gasteiger partial charge < -0.3 is 53.2 Å². The molecule has 65 heavy (non-hydrogen) atoms. The maximum atomic E-state index is 14.3. The van der Waals surface area contributed by atoms with Crippen molar-refractivity contribution in [3.63, 3.8) is 0 Å². The van der Waals surface area contributed by atoms with Gasteiger partial charge in [-0.15, -0.1) is 0 Å². The average molecular weight is 893 g/mol. The van der Waals surface area contributed by atoms with Crippen molar-refractivity contribution >= 4 is 46.5 Å². The number of fused-ring (bicyclic) bond motifs is 1. The van der Waals surface area contributed by atoms with E-state index < -0.39 is 65.8 Å². The lowest BCUT2D eigenvalue weighted by atomic mass is 10.0. The van der Waals surface area contributed by atoms with Crippen LogP contribution in [0.3, 0.4) is 0 Å². The van der Waals surface area contributed by atoms with Gasteiger partial charge in [0.2, 0.25) is 23.6 Å². The second-order valence-electron chi connectivity index (χ2n) is 15.7. The summed E-state index contributed by atoms with van der Waals surface area (Å²) in [5.74, 6) is -2.88. The lowest BCUT2D eigenvalue weighted by molar-refractivity contribution is -0.133. The average Bonchev–Trinajstić information content (AvgIpc) is 3.97. The van der Waals surface area contributed by atoms with E-state index in [2.05, 4.69) is 41.6 Å². The largest absolute Gasteiger partial charge is 0.494 e. The molecule has 5 rings (SSSR count). The van der Waals surface area contributed by atoms with E-state index in [0.29, 0.717) is 48.6 Å². The zero-order valence-electron chi connectivity index (χ0n) is 36.7. The topological polar surface area (TPSA) is 298 Å². The fourth-order valence-corrected chi connectivity index (χ4v) is 6.94. The smallest absolute Gasteiger partial charge is 0.337 e. The van der Waals surface area contributed by atoms with E-state index in [-0.39, 0.29) is 32.2 Å². The summed E-state index contributed by atoms with van der Waals surface area (Å²) < 4.78 is 5.72. The molecule has 2 heterocycles. The first kappa shape index (κ1) is 48.8. The number of imidazole rings is 1. The number of urea groups is 1. The molecule has 0 aliphatic carbocycles. The number of nitrogens with two attached hydrogens (primary N) is 3. The number of aromatic nitrogens is 3. The number of carbonyl (C=O) groups excluding carboxylic acids is 6. The van der Waals surface area contributed by atoms with Crippen molar-refractivity contribution in [1.82, 2.24) is 46.7 Å². The van der Waals surface area contributed by atoms with E-state index in [9.17, 15) is 28.8 Å². The maximum Gasteiger partial charge on any atom is 0.337 e. The van der Waals surface area contributed by atoms with Crippen molar-refractivity contribution < 1.29 is 33.5 Å². The molecule has 0 saturated heterocycles. The molecule has 19 nitrogen and oxygen atoms in total. The van der Waals surface area contributed by atoms with Gasteiger partial charge in [-0.25, -0.2) is 14.8 Å². The fourth-order valence-electron chi connectivity index (χ4n) is 6.94. The Bertz CT molecular complexity index is 2320. The Balaban J connectivity index is 1.36. The number of hydrogen-bond donors (Lipinski definition) is 10. The van der Waals surface area contributed by atoms with E-state index in [4.69, 9.17) is 21.9 Å². The maximum absolute atomic E-state index is 14.3. The predicted molar refractivity (Wildman–Crippen MR) is 244 cm³/mol. The highest BCUT2D eigenvalue weighted by Crippen LogP contribution is 2.20. The molecule has 346 valence electrons. The quantitative estimate of drug-likeness (QED) is 0.0316. The number of hydrogen-bond acceptors (Lipinski definition) is 10. The van der Waals surface area contributed by atoms with Gasteiger partial charge in [-0.1, -0.05) is 67.6 Å². The Morgan fingerprint density at radius 3 is 2.14 bits per heavy atom. The Kier molecular flexibility index (Phi) is 18.4. The minimum Gasteiger partial charge on any atom is -0.494 e. The monoisotopic (exact) mass is 892 g/mol. The van der Waals surface area contributed by atoms with Gasteiger partial charge in [0.15, 0.2) is 0 Å². The first-order valence-corrected chi connectivity index (χ1v) is 21.7. The van der Waals surface area contributed by atoms with Crippen LogP contribution in [0.15, 0.2) is 97.6 Å². The normalized spacial score (nSPS) is 13.4. The van der Waals surface area contributed by atoms with Gasteiger partial charge in [0.25, 0.3) is 5.91 Å². The summed E-state index contributed by atoms with van der Waals surface area (Å²) in [6.07, 6.45) is 7.18. The minimum absolute atomic E-state index is 0.0273. The van der Waals surface area contributed by atoms with E-state index in [1.54, 1.807) is 60.9 Å². The van der Waals surface area contributed by atoms with Crippen LogP contribution in [0.5, 0.6) is 5.75 Å². The number of primary amides is 1. The number of rotatable bonds is 24. The third kappa shape index (κ3) is 14.9. The first-order valence-electron chi connectivity index (χ1n) is 21.7. The molecule has 3 aromatic carbocycles. The predicted octanol–water partition coefficient (Wildman–Crippen LogP) is 1.74. The summed E-state index contributed by atoms with van der Waals surface area (Å²) in [6, 6.07) is 16.8. The fraction of sp³-hybridized carbons (Fsp3) is 0.370. The van der Waals surface area contributed by atoms with Crippen molar-refractivity contribution in [1.29, 1.82) is 0 Å². The van der Waals surface area contributed by atoms with E-state index in [1.165, 1.54) is 13.3 Å². The van der Waals surface area contributed by atoms with Crippen LogP contribution in [0.25, 0.3) is 10.9 Å². The molecule has 5 aromatic rings. The number of aromatic amines is 2. The van der Waals surface area contributed by atoms with Crippen LogP contribution in [0.1, 0.15) is 61.9 Å². The molecule has 19 heteroatoms. The third-order valence-corrected chi connectivity index (χ3v) is 10.5. The van der Waals surface area contributed by atoms with E-state index >= 15 is 0 Å². The molecule has 0 bridgehead atoms. The minimum atomic E-state index is -1.25. The Labute approximate surface area is 377 Å². The molecule has 0 fully saturated rings. The number of ether oxygens (including phenoxy) is 1. The van der Waals surface area contributed by atoms with E-state index in [1.807, 2.05) is 37.3 Å². The second kappa shape index (κ2) is 24.6. The molecule has 0 radical (unpaired) electrons. The number of amides is 7. The molecule has 0 aliphatic rings. The summed E-state index contributed by atoms with van der Waals surface area (Å²) in [5.41, 5.74) is 23.6. The van der Waals surface area contributed by atoms with Gasteiger partial charge in [0.05, 0.1) is 25.5 Å². The number of unbranched alkanes of at least 4 members (excludes halogenated alkanes) is 1. The molecule has 7 amide bonds. The second-order valence-corrected chi connectivity index (χ2v) is 15.7. The Morgan fingerprint density at radius 1 is 0.754 bits per heavy atom. The van der Waals surface area contributed by atoms with Crippen LogP contribution in [0.2, 0.25) is 0 Å². The highest BCUT2D eigenvalue weighted by Gasteiger charge is 2.31. The number of benzene rings is 3. The summed E-state index contributed by atoms with van der Waals surface area (Å²) in [7, 11) is 0. The number of hydrazine groups is 1. The lowest BCUT2D eigenvalue weighted by Crippen LogP contribution is -2.60. The van der Waals surface area contributed by atoms with Crippen molar-refractivity contribution in [3.8, 4) is 5.75 Å². The van der Waals surface area contributed by atoms with Crippen LogP contribution in [-0.4, -0.2) is 98.9 Å². The van der Waals surface area contributed by atoms with Crippen molar-refractivity contribution in [2.24, 2.45) is 17.2 Å². The molecule has 0 saturated carbocycles. The van der Waals surface area contributed by atoms with Gasteiger partial charge in [0, 0.05) is 48.3 Å². The lowest BCUT2D eigenvalue weighted by Gasteiger charge is -2.29. The number of nitrogens with zero attached hydrogens (tertiary/aromatic N) is 2. The highest BCUT2D eigenvalue weighted by molar-refractivity contribution is 5.95. The highest BCUT2D eigenvalue weighted by atomic mass is 16.5. The van der Waals surface area contributed by atoms with Crippen molar-refractivity contribution in [2.45, 2.75) is 95.5 Å². The molecule has 13 N–H and O–H groups in total. The molecule has 0 aliphatic heterocycles. The van der Waals surface area contributed by atoms with Gasteiger partial charge in [0.1, 0.15) is 29.9 Å². The number of H-pyrrole nitrogens is 2. The van der Waals surface area contributed by atoms with Crippen LogP contribution in [0.4, 0.5) is 4.79 Å². The molecule has 0 spiro atoms. The SMILES string of the molecule is CCCOc1ccc(CN(NC(=O)[C@H](C)NC(=O)[C@@H](Cc2c[nH]c3ccccc23)NC(=O)[C@@H](N)Cc2cnc[nH]2)C(=O)N[C@H](Cc2ccccc2)C(=O)N[C@@H](CCCCN)C(N)=O)cc1. The van der Waals surface area contributed by atoms with Crippen LogP contribution in [-0.2, 0) is 49.8 Å². The standard InChI is InChI=1S/C46H60N12O7/c1-3-21-65-34-18-16-31(17-19-34)27-58(46(64)56-39(22-30-11-5-4-6-12-30)45(63)54-38(41(49)59)15-9-10-20-47)57-42(60)29(2)53-44(62)40(23-32-25-51-37-14-8-7-13-35(32)37)55-43(61)36(48)24-33-26-50-28-52-33/h4-8,11-14,16-19,25-26,28-29,36,38-40,51H,3,9-10,15,20-24,27,47-48H2,1-2H3,(H2,49,59)(H,50,52)(H,53,62)(H,54,63)(H,55,61)(H,56,64)(H,57,60)/t29-,36-,38-,39+,40+/m0/s1. The number of carbonyl (C=O) groups is 6. The number of para-hydroxylation sites is 1. The van der Waals surface area contributed by atoms with Gasteiger partial charge >= 0.3 is 6.03 Å². The third-order valence-electron chi connectivity index (χ3n) is 10.5. The summed E-state index contributed by atoms with van der Waals surface area (Å²) in [4.78, 5) is 92.1. The summed E-state index contributed by atoms with van der Waals surface area (Å²) >= 11 is 0. The van der Waals surface area contributed by atoms with Gasteiger partial charge in [-0.2, -0.15) is 0 Å². The Hall–Kier alpha value is -7.25. The molecular formula is C46H60N12O7. The van der Waals surface area contributed by atoms with Gasteiger partial charge in [-0.05, 0) is 74.0 Å². The van der Waals surface area contributed by atoms with Crippen LogP contribution in [0, 0.1) is 0 Å². The van der Waals surface area contributed by atoms with E-state index in [0.717, 1.165) is 27.9 Å². The number of nitrogens with one attached hydrogen (secondary N) is 7. The Morgan fingerprint density at radius 2 is 1.45 bits per heavy atom.